The molecule has 0 aliphatic carbocycles. The summed E-state index contributed by atoms with van der Waals surface area (Å²) in [7, 11) is 0. The minimum absolute atomic E-state index is 0.0974. The fraction of sp³-hybridized carbons (Fsp3) is 0.500. The van der Waals surface area contributed by atoms with Crippen LogP contribution < -0.4 is 10.6 Å². The summed E-state index contributed by atoms with van der Waals surface area (Å²) in [6.45, 7) is 4.75. The SMILES string of the molecule is CC(=O)N1CCCN(c2cccc(F)c2CN)CC1. The van der Waals surface area contributed by atoms with Crippen LogP contribution in [0.2, 0.25) is 0 Å². The van der Waals surface area contributed by atoms with Crippen molar-refractivity contribution in [2.24, 2.45) is 5.73 Å². The molecule has 2 N–H and O–H groups in total. The maximum Gasteiger partial charge on any atom is 0.219 e. The lowest BCUT2D eigenvalue weighted by atomic mass is 10.1. The van der Waals surface area contributed by atoms with E-state index in [1.807, 2.05) is 11.0 Å². The van der Waals surface area contributed by atoms with E-state index in [2.05, 4.69) is 4.90 Å². The highest BCUT2D eigenvalue weighted by Crippen LogP contribution is 2.24. The van der Waals surface area contributed by atoms with E-state index in [0.717, 1.165) is 31.7 Å². The molecular weight excluding hydrogens is 245 g/mol. The van der Waals surface area contributed by atoms with Crippen LogP contribution in [0.25, 0.3) is 0 Å². The quantitative estimate of drug-likeness (QED) is 0.878. The van der Waals surface area contributed by atoms with Crippen LogP contribution in [-0.2, 0) is 11.3 Å². The number of anilines is 1. The molecule has 0 aromatic heterocycles. The summed E-state index contributed by atoms with van der Waals surface area (Å²) in [5.74, 6) is -0.159. The molecule has 0 spiro atoms. The van der Waals surface area contributed by atoms with Crippen LogP contribution >= 0.6 is 0 Å². The second-order valence-electron chi connectivity index (χ2n) is 4.79. The fourth-order valence-electron chi connectivity index (χ4n) is 2.52. The molecule has 0 radical (unpaired) electrons. The van der Waals surface area contributed by atoms with Gasteiger partial charge in [0.15, 0.2) is 0 Å². The smallest absolute Gasteiger partial charge is 0.219 e. The normalized spacial score (nSPS) is 16.4. The zero-order valence-electron chi connectivity index (χ0n) is 11.2. The standard InChI is InChI=1S/C14H20FN3O/c1-11(19)17-6-3-7-18(9-8-17)14-5-2-4-13(15)12(14)10-16/h2,4-5H,3,6-10,16H2,1H3. The van der Waals surface area contributed by atoms with Gasteiger partial charge in [-0.2, -0.15) is 0 Å². The van der Waals surface area contributed by atoms with Gasteiger partial charge in [0.25, 0.3) is 0 Å². The Morgan fingerprint density at radius 1 is 1.32 bits per heavy atom. The molecule has 1 aromatic carbocycles. The van der Waals surface area contributed by atoms with Gasteiger partial charge in [-0.05, 0) is 18.6 Å². The number of nitrogens with two attached hydrogens (primary N) is 1. The van der Waals surface area contributed by atoms with Crippen LogP contribution in [-0.4, -0.2) is 37.0 Å². The highest BCUT2D eigenvalue weighted by Gasteiger charge is 2.19. The number of rotatable bonds is 2. The summed E-state index contributed by atoms with van der Waals surface area (Å²) in [6, 6.07) is 5.04. The Morgan fingerprint density at radius 3 is 2.79 bits per heavy atom. The molecule has 1 aromatic rings. The van der Waals surface area contributed by atoms with Crippen molar-refractivity contribution in [3.8, 4) is 0 Å². The highest BCUT2D eigenvalue weighted by atomic mass is 19.1. The molecule has 1 aliphatic heterocycles. The van der Waals surface area contributed by atoms with Crippen LogP contribution in [0.3, 0.4) is 0 Å². The van der Waals surface area contributed by atoms with Gasteiger partial charge in [0.2, 0.25) is 5.91 Å². The number of carbonyl (C=O) groups excluding carboxylic acids is 1. The van der Waals surface area contributed by atoms with Crippen molar-refractivity contribution < 1.29 is 9.18 Å². The lowest BCUT2D eigenvalue weighted by Gasteiger charge is -2.25. The minimum Gasteiger partial charge on any atom is -0.369 e. The van der Waals surface area contributed by atoms with E-state index in [-0.39, 0.29) is 18.3 Å². The molecule has 1 amide bonds. The van der Waals surface area contributed by atoms with Gasteiger partial charge < -0.3 is 15.5 Å². The summed E-state index contributed by atoms with van der Waals surface area (Å²) < 4.78 is 13.7. The molecule has 0 saturated carbocycles. The van der Waals surface area contributed by atoms with Gasteiger partial charge in [-0.1, -0.05) is 6.07 Å². The van der Waals surface area contributed by atoms with Gasteiger partial charge >= 0.3 is 0 Å². The summed E-state index contributed by atoms with van der Waals surface area (Å²) in [6.07, 6.45) is 0.889. The first-order chi connectivity index (χ1) is 9.13. The first kappa shape index (κ1) is 13.8. The summed E-state index contributed by atoms with van der Waals surface area (Å²) >= 11 is 0. The first-order valence-electron chi connectivity index (χ1n) is 6.61. The van der Waals surface area contributed by atoms with E-state index in [4.69, 9.17) is 5.73 Å². The van der Waals surface area contributed by atoms with Crippen molar-refractivity contribution in [1.29, 1.82) is 0 Å². The van der Waals surface area contributed by atoms with Gasteiger partial charge in [-0.3, -0.25) is 4.79 Å². The van der Waals surface area contributed by atoms with Gasteiger partial charge in [0.1, 0.15) is 5.82 Å². The molecule has 104 valence electrons. The molecule has 1 saturated heterocycles. The van der Waals surface area contributed by atoms with E-state index in [0.29, 0.717) is 12.1 Å². The zero-order valence-corrected chi connectivity index (χ0v) is 11.2. The summed E-state index contributed by atoms with van der Waals surface area (Å²) in [5.41, 5.74) is 7.05. The van der Waals surface area contributed by atoms with Crippen molar-refractivity contribution in [3.63, 3.8) is 0 Å². The van der Waals surface area contributed by atoms with Gasteiger partial charge in [0, 0.05) is 50.9 Å². The van der Waals surface area contributed by atoms with Crippen LogP contribution in [0, 0.1) is 5.82 Å². The number of hydrogen-bond donors (Lipinski definition) is 1. The minimum atomic E-state index is -0.257. The second kappa shape index (κ2) is 6.02. The average Bonchev–Trinajstić information content (AvgIpc) is 2.64. The molecule has 1 heterocycles. The molecule has 1 fully saturated rings. The van der Waals surface area contributed by atoms with Crippen LogP contribution in [0.1, 0.15) is 18.9 Å². The van der Waals surface area contributed by atoms with E-state index < -0.39 is 0 Å². The Labute approximate surface area is 113 Å². The predicted molar refractivity (Wildman–Crippen MR) is 73.4 cm³/mol. The topological polar surface area (TPSA) is 49.6 Å². The van der Waals surface area contributed by atoms with Crippen molar-refractivity contribution in [2.75, 3.05) is 31.1 Å². The molecular formula is C14H20FN3O. The number of hydrogen-bond acceptors (Lipinski definition) is 3. The Morgan fingerprint density at radius 2 is 2.11 bits per heavy atom. The summed E-state index contributed by atoms with van der Waals surface area (Å²) in [4.78, 5) is 15.4. The van der Waals surface area contributed by atoms with Crippen LogP contribution in [0.5, 0.6) is 0 Å². The van der Waals surface area contributed by atoms with Crippen LogP contribution in [0.4, 0.5) is 10.1 Å². The van der Waals surface area contributed by atoms with Crippen molar-refractivity contribution in [2.45, 2.75) is 19.9 Å². The second-order valence-corrected chi connectivity index (χ2v) is 4.79. The maximum absolute atomic E-state index is 13.7. The van der Waals surface area contributed by atoms with E-state index in [1.165, 1.54) is 6.07 Å². The Hall–Kier alpha value is -1.62. The molecule has 1 aliphatic rings. The molecule has 5 heteroatoms. The number of nitrogens with zero attached hydrogens (tertiary/aromatic N) is 2. The number of halogens is 1. The Kier molecular flexibility index (Phi) is 4.37. The van der Waals surface area contributed by atoms with E-state index in [9.17, 15) is 9.18 Å². The fourth-order valence-corrected chi connectivity index (χ4v) is 2.52. The summed E-state index contributed by atoms with van der Waals surface area (Å²) in [5, 5.41) is 0. The number of amides is 1. The lowest BCUT2D eigenvalue weighted by molar-refractivity contribution is -0.128. The van der Waals surface area contributed by atoms with Crippen LogP contribution in [0.15, 0.2) is 18.2 Å². The van der Waals surface area contributed by atoms with Gasteiger partial charge in [-0.15, -0.1) is 0 Å². The third kappa shape index (κ3) is 3.04. The third-order valence-corrected chi connectivity index (χ3v) is 3.58. The highest BCUT2D eigenvalue weighted by molar-refractivity contribution is 5.73. The molecule has 0 bridgehead atoms. The predicted octanol–water partition coefficient (Wildman–Crippen LogP) is 1.34. The molecule has 0 unspecified atom stereocenters. The zero-order chi connectivity index (χ0) is 13.8. The monoisotopic (exact) mass is 265 g/mol. The molecule has 19 heavy (non-hydrogen) atoms. The largest absolute Gasteiger partial charge is 0.369 e. The molecule has 0 atom stereocenters. The molecule has 2 rings (SSSR count). The first-order valence-corrected chi connectivity index (χ1v) is 6.61. The maximum atomic E-state index is 13.7. The van der Waals surface area contributed by atoms with Crippen molar-refractivity contribution in [1.82, 2.24) is 4.90 Å². The molecule has 4 nitrogen and oxygen atoms in total. The number of carbonyl (C=O) groups is 1. The van der Waals surface area contributed by atoms with E-state index in [1.54, 1.807) is 13.0 Å². The van der Waals surface area contributed by atoms with E-state index >= 15 is 0 Å². The Bertz CT molecular complexity index is 464. The number of benzene rings is 1. The van der Waals surface area contributed by atoms with Crippen molar-refractivity contribution >= 4 is 11.6 Å². The Balaban J connectivity index is 2.18. The van der Waals surface area contributed by atoms with Crippen molar-refractivity contribution in [3.05, 3.63) is 29.6 Å². The average molecular weight is 265 g/mol. The van der Waals surface area contributed by atoms with Gasteiger partial charge in [-0.25, -0.2) is 4.39 Å². The lowest BCUT2D eigenvalue weighted by Crippen LogP contribution is -2.34. The third-order valence-electron chi connectivity index (χ3n) is 3.58. The van der Waals surface area contributed by atoms with Gasteiger partial charge in [0.05, 0.1) is 0 Å².